The van der Waals surface area contributed by atoms with E-state index in [0.29, 0.717) is 23.2 Å². The highest BCUT2D eigenvalue weighted by Gasteiger charge is 2.22. The molecule has 0 aliphatic heterocycles. The molecule has 0 amide bonds. The van der Waals surface area contributed by atoms with Crippen molar-refractivity contribution in [3.63, 3.8) is 0 Å². The van der Waals surface area contributed by atoms with Crippen LogP contribution in [0.25, 0.3) is 89.2 Å². The van der Waals surface area contributed by atoms with E-state index in [4.69, 9.17) is 21.8 Å². The van der Waals surface area contributed by atoms with Crippen LogP contribution < -0.4 is 0 Å². The third-order valence-electron chi connectivity index (χ3n) is 9.25. The maximum atomic E-state index is 8.65. The lowest BCUT2D eigenvalue weighted by molar-refractivity contribution is 0.953. The molecule has 5 nitrogen and oxygen atoms in total. The van der Waals surface area contributed by atoms with Gasteiger partial charge in [0, 0.05) is 38.4 Å². The molecule has 3 aromatic heterocycles. The standard InChI is InChI=1S/C45H29N5/c1-4-15-30(16-5-1)33-21-14-22-34(29-33)49-37-25-12-10-23-35(37)41-39(49)27-28-40-42(41)36-24-11-13-26-38(36)50(40)45-47-43(31-17-6-2-7-18-31)46-44(48-45)32-19-8-3-9-20-32/h1-29H/i1D,4D,5D,15D,16D. The van der Waals surface area contributed by atoms with Crippen molar-refractivity contribution in [3.05, 3.63) is 176 Å². The maximum absolute atomic E-state index is 8.65. The zero-order valence-electron chi connectivity index (χ0n) is 31.6. The van der Waals surface area contributed by atoms with Gasteiger partial charge < -0.3 is 4.57 Å². The van der Waals surface area contributed by atoms with Crippen LogP contribution in [-0.2, 0) is 0 Å². The van der Waals surface area contributed by atoms with E-state index in [1.807, 2.05) is 103 Å². The lowest BCUT2D eigenvalue weighted by atomic mass is 10.0. The van der Waals surface area contributed by atoms with Gasteiger partial charge in [0.25, 0.3) is 0 Å². The van der Waals surface area contributed by atoms with Gasteiger partial charge in [-0.15, -0.1) is 0 Å². The Kier molecular flexibility index (Phi) is 5.35. The molecule has 0 N–H and O–H groups in total. The Morgan fingerprint density at radius 1 is 0.400 bits per heavy atom. The average molecular weight is 645 g/mol. The van der Waals surface area contributed by atoms with Gasteiger partial charge in [-0.1, -0.05) is 139 Å². The quantitative estimate of drug-likeness (QED) is 0.187. The Morgan fingerprint density at radius 2 is 0.920 bits per heavy atom. The van der Waals surface area contributed by atoms with Crippen molar-refractivity contribution in [1.82, 2.24) is 24.1 Å². The van der Waals surface area contributed by atoms with Crippen molar-refractivity contribution in [2.24, 2.45) is 0 Å². The van der Waals surface area contributed by atoms with E-state index in [1.165, 1.54) is 0 Å². The largest absolute Gasteiger partial charge is 0.309 e. The van der Waals surface area contributed by atoms with Crippen LogP contribution in [0.1, 0.15) is 6.85 Å². The molecular weight excluding hydrogens is 611 g/mol. The van der Waals surface area contributed by atoms with Crippen LogP contribution in [0.5, 0.6) is 0 Å². The number of hydrogen-bond donors (Lipinski definition) is 0. The Morgan fingerprint density at radius 3 is 1.54 bits per heavy atom. The summed E-state index contributed by atoms with van der Waals surface area (Å²) in [6.07, 6.45) is 0. The summed E-state index contributed by atoms with van der Waals surface area (Å²) in [4.78, 5) is 15.1. The smallest absolute Gasteiger partial charge is 0.238 e. The molecule has 0 spiro atoms. The van der Waals surface area contributed by atoms with Crippen molar-refractivity contribution in [3.8, 4) is 45.5 Å². The van der Waals surface area contributed by atoms with Gasteiger partial charge in [0.05, 0.1) is 28.9 Å². The molecule has 10 aromatic rings. The van der Waals surface area contributed by atoms with Crippen LogP contribution >= 0.6 is 0 Å². The summed E-state index contributed by atoms with van der Waals surface area (Å²) in [6, 6.07) is 46.6. The lowest BCUT2D eigenvalue weighted by Gasteiger charge is -2.11. The van der Waals surface area contributed by atoms with Crippen molar-refractivity contribution in [2.45, 2.75) is 0 Å². The first-order chi connectivity index (χ1) is 26.9. The van der Waals surface area contributed by atoms with Gasteiger partial charge in [0.15, 0.2) is 11.6 Å². The SMILES string of the molecule is [2H]c1c([2H])c([2H])c(-c2cccc(-n3c4ccccc4c4c5c6ccccc6n(-c6nc(-c7ccccc7)nc(-c7ccccc7)n6)c5ccc43)c2)c([2H])c1[2H]. The molecule has 0 aliphatic rings. The number of para-hydroxylation sites is 2. The van der Waals surface area contributed by atoms with Crippen molar-refractivity contribution < 1.29 is 6.85 Å². The Labute approximate surface area is 295 Å². The van der Waals surface area contributed by atoms with E-state index in [0.717, 1.165) is 60.4 Å². The number of fused-ring (bicyclic) bond motifs is 7. The molecule has 5 heteroatoms. The fraction of sp³-hybridized carbons (Fsp3) is 0. The molecule has 0 unspecified atom stereocenters. The highest BCUT2D eigenvalue weighted by atomic mass is 15.2. The van der Waals surface area contributed by atoms with E-state index in [-0.39, 0.29) is 29.7 Å². The van der Waals surface area contributed by atoms with Crippen LogP contribution in [0, 0.1) is 0 Å². The molecule has 10 rings (SSSR count). The van der Waals surface area contributed by atoms with E-state index >= 15 is 0 Å². The second-order valence-corrected chi connectivity index (χ2v) is 12.1. The van der Waals surface area contributed by atoms with Crippen LogP contribution in [0.3, 0.4) is 0 Å². The topological polar surface area (TPSA) is 48.5 Å². The molecule has 234 valence electrons. The zero-order valence-corrected chi connectivity index (χ0v) is 26.6. The van der Waals surface area contributed by atoms with Gasteiger partial charge in [-0.05, 0) is 47.5 Å². The first-order valence-corrected chi connectivity index (χ1v) is 16.4. The molecule has 0 fully saturated rings. The highest BCUT2D eigenvalue weighted by molar-refractivity contribution is 6.28. The minimum atomic E-state index is -0.412. The van der Waals surface area contributed by atoms with Crippen molar-refractivity contribution in [2.75, 3.05) is 0 Å². The van der Waals surface area contributed by atoms with Crippen molar-refractivity contribution in [1.29, 1.82) is 0 Å². The molecule has 0 aliphatic carbocycles. The maximum Gasteiger partial charge on any atom is 0.238 e. The molecule has 0 bridgehead atoms. The number of benzene rings is 7. The van der Waals surface area contributed by atoms with E-state index in [1.54, 1.807) is 6.07 Å². The predicted octanol–water partition coefficient (Wildman–Crippen LogP) is 11.1. The number of rotatable bonds is 5. The van der Waals surface area contributed by atoms with E-state index < -0.39 is 6.04 Å². The predicted molar refractivity (Wildman–Crippen MR) is 205 cm³/mol. The van der Waals surface area contributed by atoms with E-state index in [2.05, 4.69) is 45.5 Å². The summed E-state index contributed by atoms with van der Waals surface area (Å²) in [5.41, 5.74) is 7.11. The fourth-order valence-electron chi connectivity index (χ4n) is 7.10. The summed E-state index contributed by atoms with van der Waals surface area (Å²) in [6.45, 7) is 0. The van der Waals surface area contributed by atoms with Gasteiger partial charge in [0.2, 0.25) is 5.95 Å². The van der Waals surface area contributed by atoms with Crippen LogP contribution in [0.15, 0.2) is 176 Å². The molecule has 0 saturated carbocycles. The Bertz CT molecular complexity index is 3070. The highest BCUT2D eigenvalue weighted by Crippen LogP contribution is 2.42. The summed E-state index contributed by atoms with van der Waals surface area (Å²) in [5.74, 6) is 1.66. The first kappa shape index (κ1) is 23.5. The van der Waals surface area contributed by atoms with Crippen LogP contribution in [0.2, 0.25) is 0 Å². The van der Waals surface area contributed by atoms with Gasteiger partial charge in [0.1, 0.15) is 0 Å². The van der Waals surface area contributed by atoms with Crippen LogP contribution in [-0.4, -0.2) is 24.1 Å². The minimum Gasteiger partial charge on any atom is -0.309 e. The third kappa shape index (κ3) is 4.45. The fourth-order valence-corrected chi connectivity index (χ4v) is 7.10. The molecule has 7 aromatic carbocycles. The summed E-state index contributed by atoms with van der Waals surface area (Å²) < 4.78 is 46.3. The molecule has 3 heterocycles. The summed E-state index contributed by atoms with van der Waals surface area (Å²) in [7, 11) is 0. The zero-order chi connectivity index (χ0) is 37.4. The van der Waals surface area contributed by atoms with Gasteiger partial charge >= 0.3 is 0 Å². The number of nitrogens with zero attached hydrogens (tertiary/aromatic N) is 5. The molecule has 0 radical (unpaired) electrons. The first-order valence-electron chi connectivity index (χ1n) is 18.9. The summed E-state index contributed by atoms with van der Waals surface area (Å²) >= 11 is 0. The van der Waals surface area contributed by atoms with E-state index in [9.17, 15) is 0 Å². The van der Waals surface area contributed by atoms with Crippen LogP contribution in [0.4, 0.5) is 0 Å². The van der Waals surface area contributed by atoms with Gasteiger partial charge in [-0.2, -0.15) is 9.97 Å². The van der Waals surface area contributed by atoms with Crippen molar-refractivity contribution >= 4 is 43.6 Å². The number of aromatic nitrogens is 5. The average Bonchev–Trinajstić information content (AvgIpc) is 3.76. The second kappa shape index (κ2) is 11.4. The van der Waals surface area contributed by atoms with Gasteiger partial charge in [-0.25, -0.2) is 4.98 Å². The van der Waals surface area contributed by atoms with Gasteiger partial charge in [-0.3, -0.25) is 4.57 Å². The Balaban J connectivity index is 1.26. The summed E-state index contributed by atoms with van der Waals surface area (Å²) in [5, 5.41) is 4.19. The normalized spacial score (nSPS) is 13.0. The second-order valence-electron chi connectivity index (χ2n) is 12.1. The number of hydrogen-bond acceptors (Lipinski definition) is 3. The molecule has 0 atom stereocenters. The molecule has 0 saturated heterocycles. The monoisotopic (exact) mass is 644 g/mol. The minimum absolute atomic E-state index is 0.168. The lowest BCUT2D eigenvalue weighted by Crippen LogP contribution is -2.06. The molecular formula is C45H29N5. The third-order valence-corrected chi connectivity index (χ3v) is 9.25. The molecule has 50 heavy (non-hydrogen) atoms. The Hall–Kier alpha value is -6.85.